The molecule has 0 unspecified atom stereocenters. The van der Waals surface area contributed by atoms with Gasteiger partial charge in [-0.15, -0.1) is 0 Å². The van der Waals surface area contributed by atoms with Crippen LogP contribution < -0.4 is 0 Å². The van der Waals surface area contributed by atoms with E-state index in [1.165, 1.54) is 31.4 Å². The Bertz CT molecular complexity index is 455. The summed E-state index contributed by atoms with van der Waals surface area (Å²) in [6.07, 6.45) is -0.0497. The van der Waals surface area contributed by atoms with Gasteiger partial charge < -0.3 is 4.74 Å². The highest BCUT2D eigenvalue weighted by Gasteiger charge is 2.12. The van der Waals surface area contributed by atoms with Gasteiger partial charge in [-0.3, -0.25) is 19.7 Å². The molecule has 0 saturated heterocycles. The summed E-state index contributed by atoms with van der Waals surface area (Å²) in [6, 6.07) is 5.41. The molecular formula is C11H11NO5. The average Bonchev–Trinajstić information content (AvgIpc) is 2.35. The van der Waals surface area contributed by atoms with E-state index in [9.17, 15) is 19.7 Å². The maximum atomic E-state index is 11.6. The smallest absolute Gasteiger partial charge is 0.305 e. The summed E-state index contributed by atoms with van der Waals surface area (Å²) < 4.78 is 4.40. The lowest BCUT2D eigenvalue weighted by atomic mass is 10.1. The number of nitro benzene ring substituents is 1. The van der Waals surface area contributed by atoms with Crippen molar-refractivity contribution >= 4 is 17.4 Å². The van der Waals surface area contributed by atoms with Gasteiger partial charge in [-0.2, -0.15) is 0 Å². The molecule has 0 spiro atoms. The van der Waals surface area contributed by atoms with Gasteiger partial charge in [0.2, 0.25) is 0 Å². The Morgan fingerprint density at radius 1 is 1.35 bits per heavy atom. The van der Waals surface area contributed by atoms with E-state index in [-0.39, 0.29) is 29.9 Å². The predicted octanol–water partition coefficient (Wildman–Crippen LogP) is 1.73. The standard InChI is InChI=1S/C11H11NO5/c1-17-11(14)6-5-10(13)8-3-2-4-9(7-8)12(15)16/h2-4,7H,5-6H2,1H3. The highest BCUT2D eigenvalue weighted by Crippen LogP contribution is 2.15. The van der Waals surface area contributed by atoms with Crippen molar-refractivity contribution in [3.8, 4) is 0 Å². The molecule has 0 radical (unpaired) electrons. The number of carbonyl (C=O) groups excluding carboxylic acids is 2. The molecule has 0 aliphatic heterocycles. The number of Topliss-reactive ketones (excluding diaryl/α,β-unsaturated/α-hetero) is 1. The molecule has 6 nitrogen and oxygen atoms in total. The van der Waals surface area contributed by atoms with Gasteiger partial charge in [0.15, 0.2) is 5.78 Å². The summed E-state index contributed by atoms with van der Waals surface area (Å²) in [7, 11) is 1.24. The summed E-state index contributed by atoms with van der Waals surface area (Å²) in [6.45, 7) is 0. The number of esters is 1. The fourth-order valence-corrected chi connectivity index (χ4v) is 1.25. The van der Waals surface area contributed by atoms with Crippen molar-refractivity contribution in [2.24, 2.45) is 0 Å². The molecule has 1 rings (SSSR count). The Balaban J connectivity index is 2.72. The second-order valence-corrected chi connectivity index (χ2v) is 3.31. The zero-order valence-corrected chi connectivity index (χ0v) is 9.21. The van der Waals surface area contributed by atoms with Gasteiger partial charge in [-0.05, 0) is 0 Å². The van der Waals surface area contributed by atoms with Crippen LogP contribution >= 0.6 is 0 Å². The van der Waals surface area contributed by atoms with Crippen LogP contribution in [0.15, 0.2) is 24.3 Å². The molecule has 0 aliphatic carbocycles. The Hall–Kier alpha value is -2.24. The first-order valence-corrected chi connectivity index (χ1v) is 4.89. The third-order valence-corrected chi connectivity index (χ3v) is 2.16. The van der Waals surface area contributed by atoms with Gasteiger partial charge in [-0.25, -0.2) is 0 Å². The molecule has 0 heterocycles. The zero-order chi connectivity index (χ0) is 12.8. The minimum atomic E-state index is -0.572. The van der Waals surface area contributed by atoms with Crippen LogP contribution in [-0.4, -0.2) is 23.8 Å². The largest absolute Gasteiger partial charge is 0.469 e. The fraction of sp³-hybridized carbons (Fsp3) is 0.273. The Morgan fingerprint density at radius 2 is 2.06 bits per heavy atom. The highest BCUT2D eigenvalue weighted by molar-refractivity contribution is 5.98. The third kappa shape index (κ3) is 3.67. The van der Waals surface area contributed by atoms with Crippen molar-refractivity contribution in [2.75, 3.05) is 7.11 Å². The highest BCUT2D eigenvalue weighted by atomic mass is 16.6. The molecule has 1 aromatic carbocycles. The summed E-state index contributed by atoms with van der Waals surface area (Å²) in [5.41, 5.74) is 0.0806. The number of nitro groups is 1. The number of ketones is 1. The first-order valence-electron chi connectivity index (χ1n) is 4.89. The molecule has 0 saturated carbocycles. The van der Waals surface area contributed by atoms with Crippen LogP contribution in [0.3, 0.4) is 0 Å². The van der Waals surface area contributed by atoms with Gasteiger partial charge in [0.05, 0.1) is 18.5 Å². The number of methoxy groups -OCH3 is 1. The number of nitrogens with zero attached hydrogens (tertiary/aromatic N) is 1. The third-order valence-electron chi connectivity index (χ3n) is 2.16. The molecule has 0 aromatic heterocycles. The number of non-ortho nitro benzene ring substituents is 1. The number of benzene rings is 1. The summed E-state index contributed by atoms with van der Waals surface area (Å²) in [4.78, 5) is 32.4. The van der Waals surface area contributed by atoms with Crippen LogP contribution in [0.1, 0.15) is 23.2 Å². The lowest BCUT2D eigenvalue weighted by molar-refractivity contribution is -0.384. The van der Waals surface area contributed by atoms with Gasteiger partial charge >= 0.3 is 5.97 Å². The molecule has 0 amide bonds. The van der Waals surface area contributed by atoms with Crippen molar-refractivity contribution in [3.05, 3.63) is 39.9 Å². The van der Waals surface area contributed by atoms with E-state index in [0.717, 1.165) is 0 Å². The lowest BCUT2D eigenvalue weighted by Crippen LogP contribution is -2.06. The summed E-state index contributed by atoms with van der Waals surface area (Å²) in [5, 5.41) is 10.5. The van der Waals surface area contributed by atoms with Crippen LogP contribution in [0.5, 0.6) is 0 Å². The summed E-state index contributed by atoms with van der Waals surface area (Å²) in [5.74, 6) is -0.803. The van der Waals surface area contributed by atoms with Gasteiger partial charge in [0, 0.05) is 24.1 Å². The molecule has 0 N–H and O–H groups in total. The van der Waals surface area contributed by atoms with E-state index in [1.54, 1.807) is 0 Å². The molecule has 0 fully saturated rings. The number of ether oxygens (including phenoxy) is 1. The predicted molar refractivity (Wildman–Crippen MR) is 58.7 cm³/mol. The molecule has 90 valence electrons. The minimum absolute atomic E-state index is 0.0200. The van der Waals surface area contributed by atoms with E-state index in [0.29, 0.717) is 0 Å². The van der Waals surface area contributed by atoms with E-state index in [1.807, 2.05) is 0 Å². The molecular weight excluding hydrogens is 226 g/mol. The molecule has 0 atom stereocenters. The van der Waals surface area contributed by atoms with Gasteiger partial charge in [0.1, 0.15) is 0 Å². The van der Waals surface area contributed by atoms with Gasteiger partial charge in [-0.1, -0.05) is 12.1 Å². The topological polar surface area (TPSA) is 86.5 Å². The van der Waals surface area contributed by atoms with Crippen LogP contribution in [-0.2, 0) is 9.53 Å². The van der Waals surface area contributed by atoms with Crippen LogP contribution in [0.25, 0.3) is 0 Å². The van der Waals surface area contributed by atoms with E-state index >= 15 is 0 Å². The van der Waals surface area contributed by atoms with Crippen LogP contribution in [0.2, 0.25) is 0 Å². The van der Waals surface area contributed by atoms with Crippen LogP contribution in [0.4, 0.5) is 5.69 Å². The Labute approximate surface area is 97.3 Å². The number of hydrogen-bond donors (Lipinski definition) is 0. The van der Waals surface area contributed by atoms with Crippen molar-refractivity contribution < 1.29 is 19.2 Å². The Kier molecular flexibility index (Phi) is 4.33. The lowest BCUT2D eigenvalue weighted by Gasteiger charge is -2.00. The van der Waals surface area contributed by atoms with Crippen molar-refractivity contribution in [3.63, 3.8) is 0 Å². The molecule has 0 aliphatic rings. The second kappa shape index (κ2) is 5.74. The van der Waals surface area contributed by atoms with Crippen molar-refractivity contribution in [1.29, 1.82) is 0 Å². The normalized spacial score (nSPS) is 9.71. The van der Waals surface area contributed by atoms with Crippen molar-refractivity contribution in [2.45, 2.75) is 12.8 Å². The minimum Gasteiger partial charge on any atom is -0.469 e. The zero-order valence-electron chi connectivity index (χ0n) is 9.21. The number of rotatable bonds is 5. The van der Waals surface area contributed by atoms with E-state index in [4.69, 9.17) is 0 Å². The first-order chi connectivity index (χ1) is 8.04. The molecule has 0 bridgehead atoms. The molecule has 6 heteroatoms. The quantitative estimate of drug-likeness (QED) is 0.337. The molecule has 17 heavy (non-hydrogen) atoms. The monoisotopic (exact) mass is 237 g/mol. The second-order valence-electron chi connectivity index (χ2n) is 3.31. The number of hydrogen-bond acceptors (Lipinski definition) is 5. The van der Waals surface area contributed by atoms with Crippen LogP contribution in [0, 0.1) is 10.1 Å². The molecule has 1 aromatic rings. The SMILES string of the molecule is COC(=O)CCC(=O)c1cccc([N+](=O)[O-])c1. The summed E-state index contributed by atoms with van der Waals surface area (Å²) >= 11 is 0. The maximum Gasteiger partial charge on any atom is 0.305 e. The Morgan fingerprint density at radius 3 is 2.65 bits per heavy atom. The van der Waals surface area contributed by atoms with Gasteiger partial charge in [0.25, 0.3) is 5.69 Å². The maximum absolute atomic E-state index is 11.6. The fourth-order valence-electron chi connectivity index (χ4n) is 1.25. The average molecular weight is 237 g/mol. The van der Waals surface area contributed by atoms with E-state index in [2.05, 4.69) is 4.74 Å². The first kappa shape index (κ1) is 12.8. The van der Waals surface area contributed by atoms with E-state index < -0.39 is 10.9 Å². The number of carbonyl (C=O) groups is 2. The van der Waals surface area contributed by atoms with Crippen molar-refractivity contribution in [1.82, 2.24) is 0 Å².